The normalized spacial score (nSPS) is 13.3. The van der Waals surface area contributed by atoms with Crippen LogP contribution in [0.2, 0.25) is 0 Å². The fraction of sp³-hybridized carbons (Fsp3) is 0.286. The maximum absolute atomic E-state index is 13.3. The van der Waals surface area contributed by atoms with Gasteiger partial charge in [0.15, 0.2) is 0 Å². The van der Waals surface area contributed by atoms with Gasteiger partial charge >= 0.3 is 12.1 Å². The standard InChI is InChI=1S/C28H30N2O3S/c1-28(2,3)33-27(32)30(24-17-21-11-7-8-12-22(21)18-24)26(31)29-23-13-15-25(16-14-23)34-19-20-9-5-4-6-10-20/h4-16,24H,17-19H2,1-3H3,(H,29,31). The molecule has 0 fully saturated rings. The van der Waals surface area contributed by atoms with Gasteiger partial charge in [-0.05, 0) is 74.6 Å². The number of nitrogens with zero attached hydrogens (tertiary/aromatic N) is 1. The Hall–Kier alpha value is -3.25. The molecule has 0 bridgehead atoms. The highest BCUT2D eigenvalue weighted by molar-refractivity contribution is 7.98. The number of carbonyl (C=O) groups excluding carboxylic acids is 2. The first-order valence-corrected chi connectivity index (χ1v) is 12.4. The maximum atomic E-state index is 13.3. The van der Waals surface area contributed by atoms with E-state index in [-0.39, 0.29) is 6.04 Å². The second kappa shape index (κ2) is 10.3. The third-order valence-electron chi connectivity index (χ3n) is 5.56. The minimum atomic E-state index is -0.696. The van der Waals surface area contributed by atoms with Crippen molar-refractivity contribution in [3.8, 4) is 0 Å². The van der Waals surface area contributed by atoms with Gasteiger partial charge in [-0.1, -0.05) is 54.6 Å². The quantitative estimate of drug-likeness (QED) is 0.408. The number of thioether (sulfide) groups is 1. The molecular formula is C28H30N2O3S. The van der Waals surface area contributed by atoms with Crippen LogP contribution in [0.4, 0.5) is 15.3 Å². The van der Waals surface area contributed by atoms with Gasteiger partial charge in [0.05, 0.1) is 6.04 Å². The number of imide groups is 1. The van der Waals surface area contributed by atoms with Gasteiger partial charge in [0.1, 0.15) is 5.60 Å². The molecule has 0 radical (unpaired) electrons. The maximum Gasteiger partial charge on any atom is 0.418 e. The lowest BCUT2D eigenvalue weighted by molar-refractivity contribution is 0.0272. The molecule has 0 atom stereocenters. The van der Waals surface area contributed by atoms with Crippen LogP contribution in [0.25, 0.3) is 0 Å². The zero-order chi connectivity index (χ0) is 24.1. The highest BCUT2D eigenvalue weighted by atomic mass is 32.2. The van der Waals surface area contributed by atoms with E-state index in [1.807, 2.05) is 66.7 Å². The molecule has 0 saturated heterocycles. The monoisotopic (exact) mass is 474 g/mol. The summed E-state index contributed by atoms with van der Waals surface area (Å²) in [6.45, 7) is 5.41. The van der Waals surface area contributed by atoms with Crippen LogP contribution in [0.1, 0.15) is 37.5 Å². The van der Waals surface area contributed by atoms with Crippen LogP contribution in [0.5, 0.6) is 0 Å². The fourth-order valence-corrected chi connectivity index (χ4v) is 4.84. The lowest BCUT2D eigenvalue weighted by atomic mass is 10.1. The minimum absolute atomic E-state index is 0.284. The van der Waals surface area contributed by atoms with Gasteiger partial charge in [0, 0.05) is 16.3 Å². The first kappa shape index (κ1) is 23.9. The average Bonchev–Trinajstić information content (AvgIpc) is 3.21. The van der Waals surface area contributed by atoms with Crippen molar-refractivity contribution in [3.05, 3.63) is 95.6 Å². The van der Waals surface area contributed by atoms with Gasteiger partial charge in [-0.15, -0.1) is 11.8 Å². The Labute approximate surface area is 205 Å². The summed E-state index contributed by atoms with van der Waals surface area (Å²) in [7, 11) is 0. The summed E-state index contributed by atoms with van der Waals surface area (Å²) >= 11 is 1.73. The van der Waals surface area contributed by atoms with Crippen molar-refractivity contribution < 1.29 is 14.3 Å². The second-order valence-corrected chi connectivity index (χ2v) is 10.5. The first-order chi connectivity index (χ1) is 16.3. The molecule has 6 heteroatoms. The van der Waals surface area contributed by atoms with Crippen molar-refractivity contribution in [2.45, 2.75) is 55.9 Å². The number of fused-ring (bicyclic) bond motifs is 1. The number of nitrogens with one attached hydrogen (secondary N) is 1. The summed E-state index contributed by atoms with van der Waals surface area (Å²) in [6.07, 6.45) is 0.619. The Morgan fingerprint density at radius 1 is 0.912 bits per heavy atom. The molecular weight excluding hydrogens is 444 g/mol. The van der Waals surface area contributed by atoms with Crippen LogP contribution in [-0.2, 0) is 23.3 Å². The molecule has 0 heterocycles. The zero-order valence-electron chi connectivity index (χ0n) is 19.8. The molecule has 1 N–H and O–H groups in total. The minimum Gasteiger partial charge on any atom is -0.443 e. The third-order valence-corrected chi connectivity index (χ3v) is 6.64. The highest BCUT2D eigenvalue weighted by Crippen LogP contribution is 2.28. The Balaban J connectivity index is 1.44. The van der Waals surface area contributed by atoms with Crippen LogP contribution < -0.4 is 5.32 Å². The summed E-state index contributed by atoms with van der Waals surface area (Å²) in [4.78, 5) is 28.7. The van der Waals surface area contributed by atoms with E-state index < -0.39 is 17.7 Å². The predicted molar refractivity (Wildman–Crippen MR) is 137 cm³/mol. The van der Waals surface area contributed by atoms with Crippen LogP contribution in [0, 0.1) is 0 Å². The molecule has 1 aliphatic rings. The number of hydrogen-bond acceptors (Lipinski definition) is 4. The summed E-state index contributed by atoms with van der Waals surface area (Å²) in [6, 6.07) is 25.3. The number of amides is 3. The summed E-state index contributed by atoms with van der Waals surface area (Å²) in [5.41, 5.74) is 3.52. The van der Waals surface area contributed by atoms with E-state index in [9.17, 15) is 9.59 Å². The van der Waals surface area contributed by atoms with E-state index in [0.29, 0.717) is 18.5 Å². The fourth-order valence-electron chi connectivity index (χ4n) is 3.99. The molecule has 176 valence electrons. The van der Waals surface area contributed by atoms with Crippen molar-refractivity contribution in [3.63, 3.8) is 0 Å². The lowest BCUT2D eigenvalue weighted by Gasteiger charge is -2.30. The van der Waals surface area contributed by atoms with E-state index in [4.69, 9.17) is 4.74 Å². The Morgan fingerprint density at radius 3 is 2.09 bits per heavy atom. The van der Waals surface area contributed by atoms with Gasteiger partial charge < -0.3 is 10.1 Å². The second-order valence-electron chi connectivity index (χ2n) is 9.41. The number of rotatable bonds is 5. The van der Waals surface area contributed by atoms with Crippen molar-refractivity contribution in [2.24, 2.45) is 0 Å². The van der Waals surface area contributed by atoms with Crippen molar-refractivity contribution in [1.29, 1.82) is 0 Å². The largest absolute Gasteiger partial charge is 0.443 e. The van der Waals surface area contributed by atoms with Gasteiger partial charge in [-0.3, -0.25) is 0 Å². The summed E-state index contributed by atoms with van der Waals surface area (Å²) in [5, 5.41) is 2.89. The molecule has 4 rings (SSSR count). The molecule has 3 amide bonds. The SMILES string of the molecule is CC(C)(C)OC(=O)N(C(=O)Nc1ccc(SCc2ccccc2)cc1)C1Cc2ccccc2C1. The Bertz CT molecular complexity index is 1120. The van der Waals surface area contributed by atoms with Crippen molar-refractivity contribution >= 4 is 29.6 Å². The number of benzene rings is 3. The number of carbonyl (C=O) groups is 2. The molecule has 0 unspecified atom stereocenters. The smallest absolute Gasteiger partial charge is 0.418 e. The van der Waals surface area contributed by atoms with Crippen LogP contribution in [-0.4, -0.2) is 28.7 Å². The van der Waals surface area contributed by atoms with Crippen LogP contribution >= 0.6 is 11.8 Å². The third kappa shape index (κ3) is 6.20. The number of ether oxygens (including phenoxy) is 1. The zero-order valence-corrected chi connectivity index (χ0v) is 20.6. The Kier molecular flexibility index (Phi) is 7.27. The first-order valence-electron chi connectivity index (χ1n) is 11.5. The topological polar surface area (TPSA) is 58.6 Å². The molecule has 0 saturated carbocycles. The molecule has 5 nitrogen and oxygen atoms in total. The average molecular weight is 475 g/mol. The lowest BCUT2D eigenvalue weighted by Crippen LogP contribution is -2.49. The van der Waals surface area contributed by atoms with Gasteiger partial charge in [0.25, 0.3) is 0 Å². The number of hydrogen-bond donors (Lipinski definition) is 1. The van der Waals surface area contributed by atoms with Crippen LogP contribution in [0.15, 0.2) is 83.8 Å². The van der Waals surface area contributed by atoms with E-state index in [2.05, 4.69) is 17.4 Å². The molecule has 0 aromatic heterocycles. The summed E-state index contributed by atoms with van der Waals surface area (Å²) < 4.78 is 5.59. The van der Waals surface area contributed by atoms with Crippen LogP contribution in [0.3, 0.4) is 0 Å². The van der Waals surface area contributed by atoms with Crippen molar-refractivity contribution in [2.75, 3.05) is 5.32 Å². The highest BCUT2D eigenvalue weighted by Gasteiger charge is 2.37. The molecule has 3 aromatic rings. The summed E-state index contributed by atoms with van der Waals surface area (Å²) in [5.74, 6) is 0.876. The number of urea groups is 1. The number of anilines is 1. The molecule has 34 heavy (non-hydrogen) atoms. The molecule has 0 spiro atoms. The van der Waals surface area contributed by atoms with Gasteiger partial charge in [0.2, 0.25) is 0 Å². The predicted octanol–water partition coefficient (Wildman–Crippen LogP) is 6.92. The van der Waals surface area contributed by atoms with Gasteiger partial charge in [-0.2, -0.15) is 0 Å². The molecule has 0 aliphatic heterocycles. The van der Waals surface area contributed by atoms with Gasteiger partial charge in [-0.25, -0.2) is 14.5 Å². The van der Waals surface area contributed by atoms with Crippen molar-refractivity contribution in [1.82, 2.24) is 4.90 Å². The van der Waals surface area contributed by atoms with E-state index in [0.717, 1.165) is 21.8 Å². The van der Waals surface area contributed by atoms with E-state index in [1.54, 1.807) is 32.5 Å². The van der Waals surface area contributed by atoms with E-state index >= 15 is 0 Å². The van der Waals surface area contributed by atoms with E-state index in [1.165, 1.54) is 10.5 Å². The Morgan fingerprint density at radius 2 is 1.50 bits per heavy atom. The molecule has 3 aromatic carbocycles. The molecule has 1 aliphatic carbocycles.